The summed E-state index contributed by atoms with van der Waals surface area (Å²) in [6.45, 7) is 1.84. The fourth-order valence-electron chi connectivity index (χ4n) is 2.42. The van der Waals surface area contributed by atoms with Gasteiger partial charge in [-0.15, -0.1) is 0 Å². The van der Waals surface area contributed by atoms with E-state index in [1.165, 1.54) is 12.1 Å². The zero-order chi connectivity index (χ0) is 20.7. The number of carbonyl (C=O) groups excluding carboxylic acids is 2. The molecule has 2 aromatic carbocycles. The highest BCUT2D eigenvalue weighted by Crippen LogP contribution is 2.20. The Morgan fingerprint density at radius 2 is 1.50 bits per heavy atom. The summed E-state index contributed by atoms with van der Waals surface area (Å²) in [7, 11) is -4.68. The SMILES string of the molecule is CC(NC(=O)CCC(=O)Nc1ccc(S(=O)(=O)C(F)F)cc1)c1ccccc1. The molecule has 9 heteroatoms. The number of alkyl halides is 2. The minimum absolute atomic E-state index is 0.0269. The second-order valence-electron chi connectivity index (χ2n) is 6.08. The van der Waals surface area contributed by atoms with Crippen molar-refractivity contribution < 1.29 is 26.8 Å². The van der Waals surface area contributed by atoms with E-state index in [0.717, 1.165) is 17.7 Å². The fraction of sp³-hybridized carbons (Fsp3) is 0.263. The van der Waals surface area contributed by atoms with E-state index in [2.05, 4.69) is 10.6 Å². The maximum absolute atomic E-state index is 12.5. The predicted octanol–water partition coefficient (Wildman–Crippen LogP) is 3.28. The van der Waals surface area contributed by atoms with Gasteiger partial charge in [0.2, 0.25) is 21.7 Å². The molecule has 2 amide bonds. The summed E-state index contributed by atoms with van der Waals surface area (Å²) < 4.78 is 47.7. The molecule has 1 atom stereocenters. The molecule has 0 radical (unpaired) electrons. The molecule has 0 aromatic heterocycles. The Morgan fingerprint density at radius 1 is 0.929 bits per heavy atom. The van der Waals surface area contributed by atoms with Crippen molar-refractivity contribution in [1.82, 2.24) is 5.32 Å². The van der Waals surface area contributed by atoms with Crippen LogP contribution in [0, 0.1) is 0 Å². The first-order chi connectivity index (χ1) is 13.2. The maximum atomic E-state index is 12.5. The number of hydrogen-bond donors (Lipinski definition) is 2. The van der Waals surface area contributed by atoms with Gasteiger partial charge in [0.05, 0.1) is 10.9 Å². The van der Waals surface area contributed by atoms with Crippen LogP contribution in [-0.2, 0) is 19.4 Å². The van der Waals surface area contributed by atoms with Crippen LogP contribution in [0.15, 0.2) is 59.5 Å². The molecule has 0 aliphatic carbocycles. The first kappa shape index (κ1) is 21.5. The van der Waals surface area contributed by atoms with Gasteiger partial charge in [0.15, 0.2) is 0 Å². The molecule has 0 fully saturated rings. The molecular weight excluding hydrogens is 390 g/mol. The normalized spacial score (nSPS) is 12.4. The van der Waals surface area contributed by atoms with Gasteiger partial charge in [-0.1, -0.05) is 30.3 Å². The molecule has 2 aromatic rings. The lowest BCUT2D eigenvalue weighted by atomic mass is 10.1. The van der Waals surface area contributed by atoms with Crippen molar-refractivity contribution >= 4 is 27.3 Å². The average molecular weight is 410 g/mol. The molecule has 0 saturated carbocycles. The molecule has 0 bridgehead atoms. The predicted molar refractivity (Wildman–Crippen MR) is 100 cm³/mol. The second kappa shape index (κ2) is 9.41. The molecule has 0 heterocycles. The quantitative estimate of drug-likeness (QED) is 0.699. The minimum atomic E-state index is -4.68. The van der Waals surface area contributed by atoms with Crippen LogP contribution in [0.4, 0.5) is 14.5 Å². The topological polar surface area (TPSA) is 92.3 Å². The third-order valence-electron chi connectivity index (χ3n) is 3.96. The highest BCUT2D eigenvalue weighted by atomic mass is 32.2. The summed E-state index contributed by atoms with van der Waals surface area (Å²) >= 11 is 0. The molecular formula is C19H20F2N2O4S. The third kappa shape index (κ3) is 5.85. The maximum Gasteiger partial charge on any atom is 0.341 e. The van der Waals surface area contributed by atoms with Crippen molar-refractivity contribution in [3.05, 3.63) is 60.2 Å². The highest BCUT2D eigenvalue weighted by molar-refractivity contribution is 7.91. The molecule has 0 aliphatic heterocycles. The Hall–Kier alpha value is -2.81. The lowest BCUT2D eigenvalue weighted by Gasteiger charge is -2.14. The summed E-state index contributed by atoms with van der Waals surface area (Å²) in [4.78, 5) is 23.4. The van der Waals surface area contributed by atoms with Crippen LogP contribution in [0.5, 0.6) is 0 Å². The number of carbonyl (C=O) groups is 2. The van der Waals surface area contributed by atoms with Crippen LogP contribution in [0.3, 0.4) is 0 Å². The number of hydrogen-bond acceptors (Lipinski definition) is 4. The highest BCUT2D eigenvalue weighted by Gasteiger charge is 2.26. The Bertz CT molecular complexity index is 917. The van der Waals surface area contributed by atoms with Crippen molar-refractivity contribution in [3.63, 3.8) is 0 Å². The van der Waals surface area contributed by atoms with Gasteiger partial charge in [0.25, 0.3) is 0 Å². The van der Waals surface area contributed by atoms with Gasteiger partial charge in [-0.25, -0.2) is 8.42 Å². The van der Waals surface area contributed by atoms with Crippen LogP contribution in [0.25, 0.3) is 0 Å². The Labute approximate surface area is 161 Å². The molecule has 0 aliphatic rings. The van der Waals surface area contributed by atoms with Gasteiger partial charge >= 0.3 is 5.76 Å². The Balaban J connectivity index is 1.83. The van der Waals surface area contributed by atoms with Gasteiger partial charge in [-0.2, -0.15) is 8.78 Å². The molecule has 1 unspecified atom stereocenters. The summed E-state index contributed by atoms with van der Waals surface area (Å²) in [6.07, 6.45) is -0.106. The smallest absolute Gasteiger partial charge is 0.341 e. The monoisotopic (exact) mass is 410 g/mol. The Morgan fingerprint density at radius 3 is 2.07 bits per heavy atom. The van der Waals surface area contributed by atoms with E-state index in [1.54, 1.807) is 0 Å². The Kier molecular flexibility index (Phi) is 7.22. The van der Waals surface area contributed by atoms with Crippen LogP contribution in [0.2, 0.25) is 0 Å². The van der Waals surface area contributed by atoms with Crippen molar-refractivity contribution in [1.29, 1.82) is 0 Å². The first-order valence-corrected chi connectivity index (χ1v) is 10.0. The van der Waals surface area contributed by atoms with Gasteiger partial charge in [0, 0.05) is 18.5 Å². The van der Waals surface area contributed by atoms with E-state index in [9.17, 15) is 26.8 Å². The van der Waals surface area contributed by atoms with E-state index in [-0.39, 0.29) is 30.5 Å². The number of nitrogens with one attached hydrogen (secondary N) is 2. The molecule has 2 rings (SSSR count). The van der Waals surface area contributed by atoms with E-state index >= 15 is 0 Å². The average Bonchev–Trinajstić information content (AvgIpc) is 2.67. The van der Waals surface area contributed by atoms with Gasteiger partial charge in [-0.3, -0.25) is 9.59 Å². The van der Waals surface area contributed by atoms with Crippen molar-refractivity contribution in [3.8, 4) is 0 Å². The van der Waals surface area contributed by atoms with Crippen LogP contribution >= 0.6 is 0 Å². The van der Waals surface area contributed by atoms with E-state index in [1.807, 2.05) is 37.3 Å². The van der Waals surface area contributed by atoms with Gasteiger partial charge in [0.1, 0.15) is 0 Å². The minimum Gasteiger partial charge on any atom is -0.350 e. The van der Waals surface area contributed by atoms with Crippen molar-refractivity contribution in [2.24, 2.45) is 0 Å². The lowest BCUT2D eigenvalue weighted by molar-refractivity contribution is -0.124. The molecule has 0 spiro atoms. The van der Waals surface area contributed by atoms with Crippen molar-refractivity contribution in [2.45, 2.75) is 36.5 Å². The second-order valence-corrected chi connectivity index (χ2v) is 8.00. The zero-order valence-electron chi connectivity index (χ0n) is 15.1. The van der Waals surface area contributed by atoms with Crippen LogP contribution in [-0.4, -0.2) is 26.0 Å². The molecule has 150 valence electrons. The zero-order valence-corrected chi connectivity index (χ0v) is 15.9. The summed E-state index contributed by atoms with van der Waals surface area (Å²) in [5, 5.41) is 5.28. The summed E-state index contributed by atoms with van der Waals surface area (Å²) in [5.41, 5.74) is 1.19. The molecule has 0 saturated heterocycles. The van der Waals surface area contributed by atoms with E-state index in [0.29, 0.717) is 0 Å². The number of halogens is 2. The number of amides is 2. The van der Waals surface area contributed by atoms with Gasteiger partial charge in [-0.05, 0) is 36.8 Å². The molecule has 28 heavy (non-hydrogen) atoms. The number of rotatable bonds is 8. The van der Waals surface area contributed by atoms with Gasteiger partial charge < -0.3 is 10.6 Å². The molecule has 6 nitrogen and oxygen atoms in total. The van der Waals surface area contributed by atoms with E-state index in [4.69, 9.17) is 0 Å². The lowest BCUT2D eigenvalue weighted by Crippen LogP contribution is -2.27. The fourth-order valence-corrected chi connectivity index (χ4v) is 3.14. The number of sulfone groups is 1. The number of anilines is 1. The van der Waals surface area contributed by atoms with Crippen molar-refractivity contribution in [2.75, 3.05) is 5.32 Å². The summed E-state index contributed by atoms with van der Waals surface area (Å²) in [5.74, 6) is -4.25. The standard InChI is InChI=1S/C19H20F2N2O4S/c1-13(14-5-3-2-4-6-14)22-17(24)11-12-18(25)23-15-7-9-16(10-8-15)28(26,27)19(20)21/h2-10,13,19H,11-12H2,1H3,(H,22,24)(H,23,25). The first-order valence-electron chi connectivity index (χ1n) is 8.46. The van der Waals surface area contributed by atoms with E-state index < -0.39 is 26.4 Å². The third-order valence-corrected chi connectivity index (χ3v) is 5.36. The van der Waals surface area contributed by atoms with Crippen LogP contribution < -0.4 is 10.6 Å². The summed E-state index contributed by atoms with van der Waals surface area (Å²) in [6, 6.07) is 13.6. The molecule has 2 N–H and O–H groups in total. The largest absolute Gasteiger partial charge is 0.350 e. The van der Waals surface area contributed by atoms with Crippen LogP contribution in [0.1, 0.15) is 31.4 Å². The number of benzene rings is 2.